The van der Waals surface area contributed by atoms with Crippen LogP contribution in [0.2, 0.25) is 0 Å². The Hall–Kier alpha value is -1.84. The van der Waals surface area contributed by atoms with Crippen LogP contribution in [0.15, 0.2) is 18.2 Å². The molecule has 1 aromatic carbocycles. The monoisotopic (exact) mass is 320 g/mol. The molecule has 0 heterocycles. The van der Waals surface area contributed by atoms with Gasteiger partial charge < -0.3 is 9.47 Å². The Balaban J connectivity index is 3.02. The minimum Gasteiger partial charge on any atom is -0.423 e. The first-order valence-electron chi connectivity index (χ1n) is 8.29. The predicted molar refractivity (Wildman–Crippen MR) is 90.7 cm³/mol. The number of carbonyl (C=O) groups is 2. The lowest BCUT2D eigenvalue weighted by atomic mass is 9.88. The molecule has 1 aromatic rings. The number of rotatable bonds is 7. The van der Waals surface area contributed by atoms with Crippen LogP contribution in [0.1, 0.15) is 65.9 Å². The van der Waals surface area contributed by atoms with Crippen molar-refractivity contribution in [2.24, 2.45) is 5.41 Å². The van der Waals surface area contributed by atoms with Gasteiger partial charge in [-0.25, -0.2) is 0 Å². The van der Waals surface area contributed by atoms with Crippen LogP contribution in [0.3, 0.4) is 0 Å². The molecule has 0 N–H and O–H groups in total. The second kappa shape index (κ2) is 8.70. The summed E-state index contributed by atoms with van der Waals surface area (Å²) in [6.07, 6.45) is 2.95. The summed E-state index contributed by atoms with van der Waals surface area (Å²) >= 11 is 0. The van der Waals surface area contributed by atoms with Gasteiger partial charge in [-0.05, 0) is 42.4 Å². The van der Waals surface area contributed by atoms with E-state index in [1.165, 1.54) is 0 Å². The van der Waals surface area contributed by atoms with E-state index in [0.29, 0.717) is 37.2 Å². The summed E-state index contributed by atoms with van der Waals surface area (Å²) in [4.78, 5) is 23.5. The topological polar surface area (TPSA) is 52.6 Å². The molecule has 0 aliphatic rings. The van der Waals surface area contributed by atoms with Gasteiger partial charge in [0.05, 0.1) is 0 Å². The van der Waals surface area contributed by atoms with Crippen molar-refractivity contribution in [2.75, 3.05) is 0 Å². The molecule has 4 heteroatoms. The second-order valence-electron chi connectivity index (χ2n) is 6.97. The van der Waals surface area contributed by atoms with Crippen LogP contribution in [0.4, 0.5) is 0 Å². The molecule has 0 atom stereocenters. The van der Waals surface area contributed by atoms with Gasteiger partial charge in [0.25, 0.3) is 0 Å². The lowest BCUT2D eigenvalue weighted by Crippen LogP contribution is -2.13. The summed E-state index contributed by atoms with van der Waals surface area (Å²) in [5.41, 5.74) is 1.16. The fraction of sp³-hybridized carbons (Fsp3) is 0.579. The second-order valence-corrected chi connectivity index (χ2v) is 6.97. The van der Waals surface area contributed by atoms with E-state index >= 15 is 0 Å². The van der Waals surface area contributed by atoms with Gasteiger partial charge in [0.1, 0.15) is 0 Å². The van der Waals surface area contributed by atoms with E-state index < -0.39 is 0 Å². The first kappa shape index (κ1) is 19.2. The van der Waals surface area contributed by atoms with E-state index in [2.05, 4.69) is 20.8 Å². The number of hydrogen-bond donors (Lipinski definition) is 0. The maximum absolute atomic E-state index is 11.8. The lowest BCUT2D eigenvalue weighted by molar-refractivity contribution is -0.137. The fourth-order valence-electron chi connectivity index (χ4n) is 2.19. The smallest absolute Gasteiger partial charge is 0.311 e. The van der Waals surface area contributed by atoms with Gasteiger partial charge in [-0.15, -0.1) is 0 Å². The minimum absolute atomic E-state index is 0.116. The molecular formula is C19H28O4. The van der Waals surface area contributed by atoms with Gasteiger partial charge in [-0.3, -0.25) is 9.59 Å². The molecule has 0 aromatic heterocycles. The number of esters is 2. The predicted octanol–water partition coefficient (Wildman–Crippen LogP) is 4.69. The number of hydrogen-bond acceptors (Lipinski definition) is 4. The van der Waals surface area contributed by atoms with Crippen LogP contribution in [0.5, 0.6) is 11.5 Å². The zero-order valence-electron chi connectivity index (χ0n) is 14.9. The molecule has 0 aliphatic heterocycles. The number of benzene rings is 1. The Morgan fingerprint density at radius 2 is 1.43 bits per heavy atom. The summed E-state index contributed by atoms with van der Waals surface area (Å²) in [6, 6.07) is 5.42. The highest BCUT2D eigenvalue weighted by Crippen LogP contribution is 2.32. The van der Waals surface area contributed by atoms with Gasteiger partial charge in [0.2, 0.25) is 0 Å². The lowest BCUT2D eigenvalue weighted by Gasteiger charge is -2.19. The van der Waals surface area contributed by atoms with Crippen molar-refractivity contribution >= 4 is 11.9 Å². The largest absolute Gasteiger partial charge is 0.423 e. The summed E-state index contributed by atoms with van der Waals surface area (Å²) in [5, 5.41) is 0. The van der Waals surface area contributed by atoms with Crippen molar-refractivity contribution < 1.29 is 19.1 Å². The summed E-state index contributed by atoms with van der Waals surface area (Å²) in [7, 11) is 0. The Bertz CT molecular complexity index is 541. The van der Waals surface area contributed by atoms with E-state index in [0.717, 1.165) is 12.0 Å². The quantitative estimate of drug-likeness (QED) is 0.540. The molecule has 23 heavy (non-hydrogen) atoms. The van der Waals surface area contributed by atoms with E-state index in [9.17, 15) is 9.59 Å². The standard InChI is InChI=1S/C19H28O4/c1-6-8-17(20)22-15-11-10-14(13-19(3,4)5)12-16(15)23-18(21)9-7-2/h10-12H,6-9,13H2,1-5H3. The summed E-state index contributed by atoms with van der Waals surface area (Å²) in [6.45, 7) is 10.3. The highest BCUT2D eigenvalue weighted by Gasteiger charge is 2.17. The van der Waals surface area contributed by atoms with E-state index in [4.69, 9.17) is 9.47 Å². The van der Waals surface area contributed by atoms with E-state index in [-0.39, 0.29) is 17.4 Å². The first-order chi connectivity index (χ1) is 10.7. The zero-order chi connectivity index (χ0) is 17.5. The van der Waals surface area contributed by atoms with Crippen molar-refractivity contribution in [2.45, 2.75) is 66.7 Å². The molecule has 0 unspecified atom stereocenters. The average molecular weight is 320 g/mol. The van der Waals surface area contributed by atoms with Gasteiger partial charge in [0.15, 0.2) is 11.5 Å². The Morgan fingerprint density at radius 1 is 0.913 bits per heavy atom. The van der Waals surface area contributed by atoms with Crippen LogP contribution in [-0.2, 0) is 16.0 Å². The third kappa shape index (κ3) is 7.31. The Kier molecular flexibility index (Phi) is 7.27. The van der Waals surface area contributed by atoms with E-state index in [1.54, 1.807) is 12.1 Å². The number of carbonyl (C=O) groups excluding carboxylic acids is 2. The molecule has 0 saturated carbocycles. The van der Waals surface area contributed by atoms with Crippen molar-refractivity contribution in [3.8, 4) is 11.5 Å². The van der Waals surface area contributed by atoms with Crippen molar-refractivity contribution in [3.05, 3.63) is 23.8 Å². The third-order valence-corrected chi connectivity index (χ3v) is 3.10. The van der Waals surface area contributed by atoms with Crippen molar-refractivity contribution in [3.63, 3.8) is 0 Å². The van der Waals surface area contributed by atoms with Crippen LogP contribution in [0.25, 0.3) is 0 Å². The first-order valence-corrected chi connectivity index (χ1v) is 8.29. The molecule has 0 bridgehead atoms. The van der Waals surface area contributed by atoms with Crippen molar-refractivity contribution in [1.82, 2.24) is 0 Å². The molecular weight excluding hydrogens is 292 g/mol. The van der Waals surface area contributed by atoms with Crippen LogP contribution >= 0.6 is 0 Å². The van der Waals surface area contributed by atoms with Gasteiger partial charge in [0, 0.05) is 12.8 Å². The van der Waals surface area contributed by atoms with Crippen LogP contribution in [-0.4, -0.2) is 11.9 Å². The van der Waals surface area contributed by atoms with Crippen molar-refractivity contribution in [1.29, 1.82) is 0 Å². The van der Waals surface area contributed by atoms with Gasteiger partial charge in [-0.1, -0.05) is 40.7 Å². The maximum atomic E-state index is 11.8. The number of ether oxygens (including phenoxy) is 2. The van der Waals surface area contributed by atoms with Gasteiger partial charge in [-0.2, -0.15) is 0 Å². The van der Waals surface area contributed by atoms with Gasteiger partial charge >= 0.3 is 11.9 Å². The SMILES string of the molecule is CCCC(=O)Oc1ccc(CC(C)(C)C)cc1OC(=O)CCC. The average Bonchev–Trinajstić information content (AvgIpc) is 2.40. The summed E-state index contributed by atoms with van der Waals surface area (Å²) < 4.78 is 10.7. The maximum Gasteiger partial charge on any atom is 0.311 e. The molecule has 0 amide bonds. The molecule has 0 spiro atoms. The molecule has 4 nitrogen and oxygen atoms in total. The molecule has 128 valence electrons. The molecule has 1 rings (SSSR count). The molecule has 0 fully saturated rings. The Labute approximate surface area is 139 Å². The highest BCUT2D eigenvalue weighted by molar-refractivity contribution is 5.76. The van der Waals surface area contributed by atoms with E-state index in [1.807, 2.05) is 19.9 Å². The zero-order valence-corrected chi connectivity index (χ0v) is 14.9. The molecule has 0 saturated heterocycles. The summed E-state index contributed by atoms with van der Waals surface area (Å²) in [5.74, 6) is 0.0114. The highest BCUT2D eigenvalue weighted by atomic mass is 16.6. The van der Waals surface area contributed by atoms with Crippen LogP contribution in [0, 0.1) is 5.41 Å². The minimum atomic E-state index is -0.316. The third-order valence-electron chi connectivity index (χ3n) is 3.10. The fourth-order valence-corrected chi connectivity index (χ4v) is 2.19. The molecule has 0 aliphatic carbocycles. The van der Waals surface area contributed by atoms with Crippen LogP contribution < -0.4 is 9.47 Å². The Morgan fingerprint density at radius 3 is 1.91 bits per heavy atom. The normalized spacial score (nSPS) is 11.2. The molecule has 0 radical (unpaired) electrons.